The molecule has 0 bridgehead atoms. The lowest BCUT2D eigenvalue weighted by Gasteiger charge is -2.36. The molecule has 4 heterocycles. The lowest BCUT2D eigenvalue weighted by Crippen LogP contribution is -2.43. The van der Waals surface area contributed by atoms with Crippen LogP contribution in [0.3, 0.4) is 0 Å². The van der Waals surface area contributed by atoms with Crippen LogP contribution in [0.15, 0.2) is 54.7 Å². The first-order chi connectivity index (χ1) is 19.6. The lowest BCUT2D eigenvalue weighted by atomic mass is 9.94. The number of hydrogen-bond acceptors (Lipinski definition) is 8. The molecule has 216 valence electrons. The lowest BCUT2D eigenvalue weighted by molar-refractivity contribution is -0.135. The molecule has 1 aliphatic rings. The first-order valence-electron chi connectivity index (χ1n) is 12.6. The Morgan fingerprint density at radius 1 is 1.15 bits per heavy atom. The fourth-order valence-corrected chi connectivity index (χ4v) is 5.39. The second-order valence-corrected chi connectivity index (χ2v) is 11.4. The summed E-state index contributed by atoms with van der Waals surface area (Å²) >= 11 is 6.17. The van der Waals surface area contributed by atoms with Gasteiger partial charge in [0.15, 0.2) is 17.5 Å². The standard InChI is InChI=1S/C27H27ClFN5O6S/c1-38-13-14-39-17-6-7-18(19(29)15-17)25-26-20(30-23-5-3-4-11-33(23)26)10-12-34(25)24(35)16-40-21-8-9-22(31-27(21)28)32-41(2,36)37/h3-9,11,15,25H,10,12-14,16H2,1-2H3,(H,31,32). The zero-order valence-electron chi connectivity index (χ0n) is 22.2. The van der Waals surface area contributed by atoms with E-state index in [0.717, 1.165) is 11.9 Å². The van der Waals surface area contributed by atoms with E-state index in [2.05, 4.69) is 9.71 Å². The summed E-state index contributed by atoms with van der Waals surface area (Å²) in [5, 5.41) is -0.124. The van der Waals surface area contributed by atoms with Crippen LogP contribution in [-0.4, -0.2) is 73.3 Å². The SMILES string of the molecule is COCCOc1ccc(C2c3c(nc4ccccn34)CCN2C(=O)COc2ccc(NS(C)(=O)=O)nc2Cl)c(F)c1. The van der Waals surface area contributed by atoms with E-state index in [1.165, 1.54) is 18.2 Å². The molecular formula is C27H27ClFN5O6S. The maximum absolute atomic E-state index is 15.7. The van der Waals surface area contributed by atoms with E-state index in [-0.39, 0.29) is 35.4 Å². The summed E-state index contributed by atoms with van der Waals surface area (Å²) in [5.74, 6) is -0.511. The number of pyridine rings is 2. The monoisotopic (exact) mass is 603 g/mol. The van der Waals surface area contributed by atoms with Crippen molar-refractivity contribution in [1.29, 1.82) is 0 Å². The molecule has 0 fully saturated rings. The zero-order valence-corrected chi connectivity index (χ0v) is 23.8. The van der Waals surface area contributed by atoms with E-state index in [1.54, 1.807) is 24.1 Å². The number of rotatable bonds is 10. The Kier molecular flexibility index (Phi) is 8.29. The molecule has 14 heteroatoms. The normalized spacial score (nSPS) is 15.0. The van der Waals surface area contributed by atoms with Gasteiger partial charge in [-0.2, -0.15) is 0 Å². The highest BCUT2D eigenvalue weighted by Crippen LogP contribution is 2.38. The van der Waals surface area contributed by atoms with Crippen LogP contribution < -0.4 is 14.2 Å². The summed E-state index contributed by atoms with van der Waals surface area (Å²) in [7, 11) is -2.00. The third-order valence-electron chi connectivity index (χ3n) is 6.40. The Balaban J connectivity index is 1.44. The average molecular weight is 604 g/mol. The summed E-state index contributed by atoms with van der Waals surface area (Å²) < 4.78 is 58.9. The Hall–Kier alpha value is -3.94. The smallest absolute Gasteiger partial charge is 0.261 e. The molecule has 0 spiro atoms. The van der Waals surface area contributed by atoms with Crippen molar-refractivity contribution in [2.45, 2.75) is 12.5 Å². The largest absolute Gasteiger partial charge is 0.491 e. The van der Waals surface area contributed by atoms with E-state index in [4.69, 9.17) is 30.8 Å². The van der Waals surface area contributed by atoms with Crippen molar-refractivity contribution in [2.24, 2.45) is 0 Å². The van der Waals surface area contributed by atoms with Gasteiger partial charge in [0.25, 0.3) is 5.91 Å². The van der Waals surface area contributed by atoms with Crippen LogP contribution in [0.4, 0.5) is 10.2 Å². The first-order valence-corrected chi connectivity index (χ1v) is 14.8. The highest BCUT2D eigenvalue weighted by molar-refractivity contribution is 7.92. The number of carbonyl (C=O) groups excluding carboxylic acids is 1. The van der Waals surface area contributed by atoms with Gasteiger partial charge in [0.05, 0.1) is 24.3 Å². The van der Waals surface area contributed by atoms with Gasteiger partial charge in [0, 0.05) is 37.9 Å². The molecule has 1 amide bonds. The minimum absolute atomic E-state index is 0.0116. The van der Waals surface area contributed by atoms with Crippen LogP contribution in [0.2, 0.25) is 5.15 Å². The molecule has 1 N–H and O–H groups in total. The molecule has 1 unspecified atom stereocenters. The summed E-state index contributed by atoms with van der Waals surface area (Å²) in [4.78, 5) is 23.8. The number of anilines is 1. The molecule has 5 rings (SSSR count). The molecule has 4 aromatic rings. The molecule has 0 aliphatic carbocycles. The van der Waals surface area contributed by atoms with Crippen LogP contribution in [0, 0.1) is 5.82 Å². The van der Waals surface area contributed by atoms with Gasteiger partial charge in [-0.1, -0.05) is 17.7 Å². The third kappa shape index (κ3) is 6.37. The van der Waals surface area contributed by atoms with E-state index in [0.29, 0.717) is 30.1 Å². The number of sulfonamides is 1. The predicted molar refractivity (Wildman–Crippen MR) is 149 cm³/mol. The van der Waals surface area contributed by atoms with Crippen LogP contribution in [0.1, 0.15) is 23.0 Å². The third-order valence-corrected chi connectivity index (χ3v) is 7.25. The van der Waals surface area contributed by atoms with Gasteiger partial charge in [0.2, 0.25) is 10.0 Å². The van der Waals surface area contributed by atoms with Crippen molar-refractivity contribution in [3.63, 3.8) is 0 Å². The second kappa shape index (κ2) is 11.9. The second-order valence-electron chi connectivity index (χ2n) is 9.29. The highest BCUT2D eigenvalue weighted by Gasteiger charge is 2.37. The number of fused-ring (bicyclic) bond motifs is 3. The number of halogens is 2. The molecule has 0 saturated heterocycles. The van der Waals surface area contributed by atoms with Crippen LogP contribution in [-0.2, 0) is 26.0 Å². The number of nitrogens with one attached hydrogen (secondary N) is 1. The van der Waals surface area contributed by atoms with E-state index in [1.807, 2.05) is 28.8 Å². The molecule has 0 radical (unpaired) electrons. The number of hydrogen-bond donors (Lipinski definition) is 1. The van der Waals surface area contributed by atoms with Crippen LogP contribution >= 0.6 is 11.6 Å². The predicted octanol–water partition coefficient (Wildman–Crippen LogP) is 3.47. The molecule has 11 nitrogen and oxygen atoms in total. The maximum atomic E-state index is 15.7. The molecule has 41 heavy (non-hydrogen) atoms. The molecular weight excluding hydrogens is 577 g/mol. The van der Waals surface area contributed by atoms with Gasteiger partial charge in [-0.25, -0.2) is 22.8 Å². The first kappa shape index (κ1) is 28.6. The maximum Gasteiger partial charge on any atom is 0.261 e. The number of methoxy groups -OCH3 is 1. The van der Waals surface area contributed by atoms with Gasteiger partial charge in [-0.3, -0.25) is 9.52 Å². The topological polar surface area (TPSA) is 124 Å². The Morgan fingerprint density at radius 3 is 2.71 bits per heavy atom. The molecule has 0 saturated carbocycles. The summed E-state index contributed by atoms with van der Waals surface area (Å²) in [6.07, 6.45) is 3.28. The summed E-state index contributed by atoms with van der Waals surface area (Å²) in [6, 6.07) is 12.1. The number of aromatic nitrogens is 3. The number of imidazole rings is 1. The quantitative estimate of drug-likeness (QED) is 0.216. The summed E-state index contributed by atoms with van der Waals surface area (Å²) in [6.45, 7) is 0.484. The molecule has 1 aliphatic heterocycles. The van der Waals surface area contributed by atoms with Crippen LogP contribution in [0.5, 0.6) is 11.5 Å². The molecule has 3 aromatic heterocycles. The number of nitrogens with zero attached hydrogens (tertiary/aromatic N) is 4. The van der Waals surface area contributed by atoms with Crippen molar-refractivity contribution >= 4 is 39.0 Å². The van der Waals surface area contributed by atoms with Crippen molar-refractivity contribution in [3.8, 4) is 11.5 Å². The van der Waals surface area contributed by atoms with Crippen molar-refractivity contribution in [3.05, 3.63) is 82.6 Å². The van der Waals surface area contributed by atoms with Crippen LogP contribution in [0.25, 0.3) is 5.65 Å². The Labute approximate surface area is 240 Å². The van der Waals surface area contributed by atoms with Gasteiger partial charge in [-0.05, 0) is 36.4 Å². The van der Waals surface area contributed by atoms with E-state index < -0.39 is 34.4 Å². The number of benzene rings is 1. The van der Waals surface area contributed by atoms with E-state index in [9.17, 15) is 13.2 Å². The summed E-state index contributed by atoms with van der Waals surface area (Å²) in [5.41, 5.74) is 2.42. The van der Waals surface area contributed by atoms with Gasteiger partial charge in [0.1, 0.15) is 35.7 Å². The Bertz CT molecular complexity index is 1700. The minimum atomic E-state index is -3.55. The van der Waals surface area contributed by atoms with Gasteiger partial charge < -0.3 is 23.5 Å². The van der Waals surface area contributed by atoms with Gasteiger partial charge in [-0.15, -0.1) is 0 Å². The van der Waals surface area contributed by atoms with Crippen molar-refractivity contribution in [2.75, 3.05) is 44.5 Å². The van der Waals surface area contributed by atoms with Crippen molar-refractivity contribution in [1.82, 2.24) is 19.3 Å². The number of ether oxygens (including phenoxy) is 3. The highest BCUT2D eigenvalue weighted by atomic mass is 35.5. The Morgan fingerprint density at radius 2 is 1.98 bits per heavy atom. The average Bonchev–Trinajstić information content (AvgIpc) is 3.30. The molecule has 1 atom stereocenters. The fourth-order valence-electron chi connectivity index (χ4n) is 4.68. The van der Waals surface area contributed by atoms with Crippen molar-refractivity contribution < 1.29 is 31.8 Å². The van der Waals surface area contributed by atoms with Gasteiger partial charge >= 0.3 is 0 Å². The minimum Gasteiger partial charge on any atom is -0.491 e. The number of amides is 1. The molecule has 1 aromatic carbocycles. The van der Waals surface area contributed by atoms with E-state index >= 15 is 4.39 Å². The zero-order chi connectivity index (χ0) is 29.1. The number of carbonyl (C=O) groups is 1. The fraction of sp³-hybridized carbons (Fsp3) is 0.296.